The van der Waals surface area contributed by atoms with Crippen molar-refractivity contribution in [2.45, 2.75) is 44.9 Å². The molecule has 1 saturated heterocycles. The molecule has 62 valence electrons. The van der Waals surface area contributed by atoms with Gasteiger partial charge in [-0.15, -0.1) is 0 Å². The lowest BCUT2D eigenvalue weighted by Gasteiger charge is -2.16. The molecule has 1 N–H and O–H groups in total. The Morgan fingerprint density at radius 2 is 2.27 bits per heavy atom. The van der Waals surface area contributed by atoms with Crippen LogP contribution < -0.4 is 0 Å². The molecule has 1 aliphatic rings. The average Bonchev–Trinajstić information content (AvgIpc) is 2.09. The van der Waals surface area contributed by atoms with Gasteiger partial charge in [0.1, 0.15) is 7.85 Å². The van der Waals surface area contributed by atoms with Gasteiger partial charge in [0.25, 0.3) is 0 Å². The molecule has 2 nitrogen and oxygen atoms in total. The molecule has 1 aliphatic heterocycles. The molecule has 0 saturated carbocycles. The summed E-state index contributed by atoms with van der Waals surface area (Å²) in [6.45, 7) is 4.22. The zero-order valence-corrected chi connectivity index (χ0v) is 7.16. The summed E-state index contributed by atoms with van der Waals surface area (Å²) >= 11 is 0. The van der Waals surface area contributed by atoms with Crippen molar-refractivity contribution in [2.24, 2.45) is 5.92 Å². The second-order valence-corrected chi connectivity index (χ2v) is 3.65. The fraction of sp³-hybridized carbons (Fsp3) is 1.00. The Bertz CT molecular complexity index is 127. The van der Waals surface area contributed by atoms with Crippen LogP contribution in [0.3, 0.4) is 0 Å². The molecule has 3 heteroatoms. The van der Waals surface area contributed by atoms with E-state index in [1.165, 1.54) is 0 Å². The van der Waals surface area contributed by atoms with Gasteiger partial charge in [0.05, 0.1) is 12.2 Å². The molecule has 3 atom stereocenters. The first kappa shape index (κ1) is 9.08. The molecule has 0 bridgehead atoms. The molecule has 1 heterocycles. The molecule has 0 aromatic carbocycles. The Morgan fingerprint density at radius 3 is 2.64 bits per heavy atom. The van der Waals surface area contributed by atoms with Crippen molar-refractivity contribution in [3.05, 3.63) is 0 Å². The molecule has 0 spiro atoms. The Hall–Kier alpha value is -0.0151. The number of hydrogen-bond donors (Lipinski definition) is 1. The van der Waals surface area contributed by atoms with Crippen LogP contribution in [0.1, 0.15) is 26.7 Å². The molecular formula is C8H15BO2. The highest BCUT2D eigenvalue weighted by Gasteiger charge is 2.30. The van der Waals surface area contributed by atoms with Crippen LogP contribution in [-0.2, 0) is 4.74 Å². The van der Waals surface area contributed by atoms with Gasteiger partial charge in [0.2, 0.25) is 0 Å². The summed E-state index contributed by atoms with van der Waals surface area (Å²) in [4.78, 5) is 0. The molecule has 2 radical (unpaired) electrons. The van der Waals surface area contributed by atoms with E-state index in [0.29, 0.717) is 12.3 Å². The third-order valence-corrected chi connectivity index (χ3v) is 1.96. The molecule has 1 rings (SSSR count). The number of hydrogen-bond acceptors (Lipinski definition) is 2. The van der Waals surface area contributed by atoms with Gasteiger partial charge >= 0.3 is 0 Å². The van der Waals surface area contributed by atoms with Crippen molar-refractivity contribution >= 4 is 7.85 Å². The topological polar surface area (TPSA) is 29.5 Å². The number of aliphatic hydroxyl groups excluding tert-OH is 1. The van der Waals surface area contributed by atoms with Crippen molar-refractivity contribution in [3.8, 4) is 0 Å². The third-order valence-electron chi connectivity index (χ3n) is 1.96. The number of rotatable bonds is 2. The van der Waals surface area contributed by atoms with Gasteiger partial charge in [-0.25, -0.2) is 0 Å². The third kappa shape index (κ3) is 2.49. The van der Waals surface area contributed by atoms with Crippen molar-refractivity contribution < 1.29 is 9.84 Å². The molecule has 0 aliphatic carbocycles. The minimum atomic E-state index is -0.354. The van der Waals surface area contributed by atoms with Crippen molar-refractivity contribution in [2.75, 3.05) is 0 Å². The largest absolute Gasteiger partial charge is 0.390 e. The summed E-state index contributed by atoms with van der Waals surface area (Å²) in [7, 11) is 5.51. The smallest absolute Gasteiger partial charge is 0.109 e. The zero-order chi connectivity index (χ0) is 8.43. The predicted octanol–water partition coefficient (Wildman–Crippen LogP) is 0.677. The zero-order valence-electron chi connectivity index (χ0n) is 7.16. The van der Waals surface area contributed by atoms with E-state index in [-0.39, 0.29) is 18.2 Å². The van der Waals surface area contributed by atoms with Gasteiger partial charge in [-0.1, -0.05) is 13.8 Å². The molecular weight excluding hydrogens is 139 g/mol. The van der Waals surface area contributed by atoms with E-state index < -0.39 is 0 Å². The maximum absolute atomic E-state index is 9.40. The van der Waals surface area contributed by atoms with E-state index in [0.717, 1.165) is 6.42 Å². The van der Waals surface area contributed by atoms with Crippen LogP contribution in [-0.4, -0.2) is 31.2 Å². The second kappa shape index (κ2) is 3.59. The fourth-order valence-electron chi connectivity index (χ4n) is 1.44. The van der Waals surface area contributed by atoms with Gasteiger partial charge in [-0.3, -0.25) is 0 Å². The van der Waals surface area contributed by atoms with Crippen molar-refractivity contribution in [3.63, 3.8) is 0 Å². The predicted molar refractivity (Wildman–Crippen MR) is 44.5 cm³/mol. The van der Waals surface area contributed by atoms with Crippen LogP contribution in [0.25, 0.3) is 0 Å². The average molecular weight is 154 g/mol. The monoisotopic (exact) mass is 154 g/mol. The summed E-state index contributed by atoms with van der Waals surface area (Å²) in [5, 5.41) is 9.40. The molecule has 0 aromatic rings. The standard InChI is InChI=1S/C8H15BO2/c1-5(2)3-7-6(10)4-8(9)11-7/h5-8,10H,3-4H2,1-2H3. The van der Waals surface area contributed by atoms with E-state index in [4.69, 9.17) is 12.6 Å². The first-order valence-electron chi connectivity index (χ1n) is 4.18. The van der Waals surface area contributed by atoms with E-state index in [1.54, 1.807) is 0 Å². The summed E-state index contributed by atoms with van der Waals surface area (Å²) in [5.41, 5.74) is 0. The number of ether oxygens (including phenoxy) is 1. The summed E-state index contributed by atoms with van der Waals surface area (Å²) in [5.74, 6) is 0.556. The van der Waals surface area contributed by atoms with Crippen LogP contribution in [0.4, 0.5) is 0 Å². The van der Waals surface area contributed by atoms with Gasteiger partial charge < -0.3 is 9.84 Å². The lowest BCUT2D eigenvalue weighted by Crippen LogP contribution is -2.22. The lowest BCUT2D eigenvalue weighted by molar-refractivity contribution is 0.0195. The van der Waals surface area contributed by atoms with Gasteiger partial charge in [-0.2, -0.15) is 0 Å². The quantitative estimate of drug-likeness (QED) is 0.592. The van der Waals surface area contributed by atoms with Crippen LogP contribution in [0, 0.1) is 5.92 Å². The molecule has 1 fully saturated rings. The van der Waals surface area contributed by atoms with E-state index >= 15 is 0 Å². The van der Waals surface area contributed by atoms with Crippen molar-refractivity contribution in [1.82, 2.24) is 0 Å². The minimum Gasteiger partial charge on any atom is -0.390 e. The van der Waals surface area contributed by atoms with Gasteiger partial charge in [-0.05, 0) is 18.8 Å². The van der Waals surface area contributed by atoms with E-state index in [9.17, 15) is 5.11 Å². The van der Waals surface area contributed by atoms with E-state index in [1.807, 2.05) is 0 Å². The molecule has 0 aromatic heterocycles. The molecule has 3 unspecified atom stereocenters. The van der Waals surface area contributed by atoms with Crippen LogP contribution in [0.2, 0.25) is 0 Å². The maximum atomic E-state index is 9.40. The van der Waals surface area contributed by atoms with Gasteiger partial charge in [0.15, 0.2) is 0 Å². The highest BCUT2D eigenvalue weighted by atomic mass is 16.5. The Morgan fingerprint density at radius 1 is 1.64 bits per heavy atom. The van der Waals surface area contributed by atoms with E-state index in [2.05, 4.69) is 13.8 Å². The van der Waals surface area contributed by atoms with Gasteiger partial charge in [0, 0.05) is 6.00 Å². The Labute approximate surface area is 69.3 Å². The first-order valence-corrected chi connectivity index (χ1v) is 4.18. The van der Waals surface area contributed by atoms with Crippen LogP contribution in [0.15, 0.2) is 0 Å². The lowest BCUT2D eigenvalue weighted by atomic mass is 9.95. The fourth-order valence-corrected chi connectivity index (χ4v) is 1.44. The summed E-state index contributed by atoms with van der Waals surface area (Å²) < 4.78 is 5.31. The Balaban J connectivity index is 2.34. The summed E-state index contributed by atoms with van der Waals surface area (Å²) in [6.07, 6.45) is 1.09. The number of aliphatic hydroxyl groups is 1. The first-order chi connectivity index (χ1) is 5.09. The van der Waals surface area contributed by atoms with Crippen LogP contribution >= 0.6 is 0 Å². The van der Waals surface area contributed by atoms with Crippen molar-refractivity contribution in [1.29, 1.82) is 0 Å². The SMILES string of the molecule is [B]C1CC(O)C(CC(C)C)O1. The second-order valence-electron chi connectivity index (χ2n) is 3.65. The Kier molecular flexibility index (Phi) is 2.96. The maximum Gasteiger partial charge on any atom is 0.109 e. The normalized spacial score (nSPS) is 38.4. The highest BCUT2D eigenvalue weighted by Crippen LogP contribution is 2.23. The molecule has 0 amide bonds. The molecule has 11 heavy (non-hydrogen) atoms. The highest BCUT2D eigenvalue weighted by molar-refractivity contribution is 6.11. The minimum absolute atomic E-state index is 0.0370. The summed E-state index contributed by atoms with van der Waals surface area (Å²) in [6, 6.07) is -0.256. The van der Waals surface area contributed by atoms with Crippen LogP contribution in [0.5, 0.6) is 0 Å².